The van der Waals surface area contributed by atoms with Crippen molar-refractivity contribution in [3.63, 3.8) is 0 Å². The van der Waals surface area contributed by atoms with E-state index in [4.69, 9.17) is 0 Å². The van der Waals surface area contributed by atoms with Gasteiger partial charge in [-0.2, -0.15) is 0 Å². The summed E-state index contributed by atoms with van der Waals surface area (Å²) in [6.45, 7) is 0.650. The maximum Gasteiger partial charge on any atom is 0.275 e. The molecule has 1 amide bonds. The van der Waals surface area contributed by atoms with Crippen molar-refractivity contribution < 1.29 is 18.4 Å². The van der Waals surface area contributed by atoms with Crippen LogP contribution in [0, 0.1) is 0 Å². The van der Waals surface area contributed by atoms with E-state index in [0.29, 0.717) is 46.6 Å². The van der Waals surface area contributed by atoms with Gasteiger partial charge in [0.25, 0.3) is 11.8 Å². The number of hydrogen-bond donors (Lipinski definition) is 1. The van der Waals surface area contributed by atoms with Crippen molar-refractivity contribution in [2.24, 2.45) is 0 Å². The van der Waals surface area contributed by atoms with Gasteiger partial charge in [0.05, 0.1) is 11.6 Å². The molecule has 0 saturated heterocycles. The number of fused-ring (bicyclic) bond motifs is 1. The summed E-state index contributed by atoms with van der Waals surface area (Å²) in [5, 5.41) is 2.91. The highest BCUT2D eigenvalue weighted by molar-refractivity contribution is 6.15. The molecule has 1 aliphatic carbocycles. The van der Waals surface area contributed by atoms with Crippen LogP contribution in [-0.4, -0.2) is 55.9 Å². The average Bonchev–Trinajstić information content (AvgIpc) is 3.10. The van der Waals surface area contributed by atoms with Crippen LogP contribution in [0.3, 0.4) is 0 Å². The molecule has 1 aliphatic heterocycles. The number of halogens is 3. The highest BCUT2D eigenvalue weighted by Crippen LogP contribution is 2.46. The maximum atomic E-state index is 15.7. The van der Waals surface area contributed by atoms with E-state index in [1.54, 1.807) is 42.5 Å². The Balaban J connectivity index is 0.00000423. The van der Waals surface area contributed by atoms with E-state index in [0.717, 1.165) is 0 Å². The Morgan fingerprint density at radius 2 is 1.67 bits per heavy atom. The molecule has 222 valence electrons. The third-order valence-electron chi connectivity index (χ3n) is 7.55. The summed E-state index contributed by atoms with van der Waals surface area (Å²) < 4.78 is 31.4. The first-order valence-corrected chi connectivity index (χ1v) is 14.0. The van der Waals surface area contributed by atoms with Gasteiger partial charge in [0.1, 0.15) is 5.94 Å². The van der Waals surface area contributed by atoms with Crippen LogP contribution in [0.15, 0.2) is 114 Å². The molecule has 0 aromatic heterocycles. The van der Waals surface area contributed by atoms with Crippen LogP contribution in [-0.2, 0) is 9.59 Å². The first-order valence-electron chi connectivity index (χ1n) is 14.0. The fourth-order valence-corrected chi connectivity index (χ4v) is 5.54. The van der Waals surface area contributed by atoms with E-state index in [2.05, 4.69) is 11.3 Å². The van der Waals surface area contributed by atoms with Gasteiger partial charge in [-0.15, -0.1) is 12.4 Å². The Labute approximate surface area is 257 Å². The standard InChI is InChI=1S/C35H33F2N3O2.ClH/c1-39(2)22-11-17-30-27-16-9-10-18-31(27)40(23-21-35(30,36)37)32-20-19-28(34(42)38-26-14-7-4-8-15-26)33(29(32)24-41)25-12-5-3-6-13-25;/h3-10,12-20,32H,11,21-23H2,1-2H3,(H,38,42);1H. The number of carbonyl (C=O) groups excluding carboxylic acids is 2. The summed E-state index contributed by atoms with van der Waals surface area (Å²) in [7, 11) is 3.82. The minimum Gasteiger partial charge on any atom is -0.359 e. The third-order valence-corrected chi connectivity index (χ3v) is 7.55. The van der Waals surface area contributed by atoms with Gasteiger partial charge in [0.15, 0.2) is 0 Å². The van der Waals surface area contributed by atoms with Gasteiger partial charge in [-0.1, -0.05) is 85.0 Å². The zero-order valence-corrected chi connectivity index (χ0v) is 24.9. The third kappa shape index (κ3) is 6.86. The number of nitrogens with zero attached hydrogens (tertiary/aromatic N) is 2. The summed E-state index contributed by atoms with van der Waals surface area (Å²) in [4.78, 5) is 30.1. The van der Waals surface area contributed by atoms with Crippen molar-refractivity contribution in [2.45, 2.75) is 24.8 Å². The monoisotopic (exact) mass is 601 g/mol. The predicted octanol–water partition coefficient (Wildman–Crippen LogP) is 7.08. The summed E-state index contributed by atoms with van der Waals surface area (Å²) >= 11 is 0. The van der Waals surface area contributed by atoms with Gasteiger partial charge in [-0.3, -0.25) is 4.79 Å². The molecule has 2 aliphatic rings. The lowest BCUT2D eigenvalue weighted by molar-refractivity contribution is -0.112. The number of nitrogens with one attached hydrogen (secondary N) is 1. The van der Waals surface area contributed by atoms with Crippen molar-refractivity contribution in [1.82, 2.24) is 4.90 Å². The minimum atomic E-state index is -3.06. The van der Waals surface area contributed by atoms with Crippen molar-refractivity contribution >= 4 is 46.8 Å². The van der Waals surface area contributed by atoms with Crippen molar-refractivity contribution in [2.75, 3.05) is 37.4 Å². The van der Waals surface area contributed by atoms with E-state index in [1.165, 1.54) is 0 Å². The Bertz CT molecular complexity index is 1590. The number of amides is 1. The molecule has 0 spiro atoms. The van der Waals surface area contributed by atoms with Crippen LogP contribution in [0.1, 0.15) is 24.0 Å². The van der Waals surface area contributed by atoms with E-state index < -0.39 is 18.4 Å². The Hall–Kier alpha value is -4.29. The summed E-state index contributed by atoms with van der Waals surface area (Å²) in [6.07, 6.45) is 5.12. The molecule has 0 saturated carbocycles. The molecule has 1 heterocycles. The molecule has 5 rings (SSSR count). The Morgan fingerprint density at radius 3 is 2.35 bits per heavy atom. The minimum absolute atomic E-state index is 0. The molecule has 0 radical (unpaired) electrons. The second-order valence-electron chi connectivity index (χ2n) is 10.7. The average molecular weight is 602 g/mol. The van der Waals surface area contributed by atoms with Crippen LogP contribution in [0.2, 0.25) is 0 Å². The van der Waals surface area contributed by atoms with E-state index in [-0.39, 0.29) is 36.0 Å². The molecule has 5 nitrogen and oxygen atoms in total. The molecule has 1 unspecified atom stereocenters. The van der Waals surface area contributed by atoms with Crippen LogP contribution >= 0.6 is 12.4 Å². The molecular formula is C35H34ClF2N3O2. The normalized spacial score (nSPS) is 18.5. The maximum absolute atomic E-state index is 15.7. The molecule has 1 atom stereocenters. The number of hydrogen-bond acceptors (Lipinski definition) is 4. The summed E-state index contributed by atoms with van der Waals surface area (Å²) in [5.74, 6) is -1.33. The van der Waals surface area contributed by atoms with Crippen LogP contribution in [0.5, 0.6) is 0 Å². The zero-order valence-electron chi connectivity index (χ0n) is 24.1. The van der Waals surface area contributed by atoms with Crippen LogP contribution in [0.25, 0.3) is 11.1 Å². The number of allylic oxidation sites excluding steroid dienone is 1. The molecular weight excluding hydrogens is 568 g/mol. The number of benzene rings is 3. The fourth-order valence-electron chi connectivity index (χ4n) is 5.54. The lowest BCUT2D eigenvalue weighted by Gasteiger charge is -2.35. The molecule has 43 heavy (non-hydrogen) atoms. The molecule has 0 bridgehead atoms. The molecule has 0 fully saturated rings. The van der Waals surface area contributed by atoms with Gasteiger partial charge in [-0.25, -0.2) is 13.6 Å². The highest BCUT2D eigenvalue weighted by atomic mass is 35.5. The van der Waals surface area contributed by atoms with Gasteiger partial charge >= 0.3 is 0 Å². The molecule has 3 aromatic carbocycles. The first kappa shape index (κ1) is 31.6. The molecule has 8 heteroatoms. The van der Waals surface area contributed by atoms with Gasteiger partial charge < -0.3 is 15.1 Å². The van der Waals surface area contributed by atoms with Gasteiger partial charge in [0.2, 0.25) is 0 Å². The first-order chi connectivity index (χ1) is 20.3. The highest BCUT2D eigenvalue weighted by Gasteiger charge is 2.42. The quantitative estimate of drug-likeness (QED) is 0.294. The van der Waals surface area contributed by atoms with Crippen LogP contribution in [0.4, 0.5) is 20.2 Å². The van der Waals surface area contributed by atoms with Crippen molar-refractivity contribution in [3.05, 3.63) is 125 Å². The van der Waals surface area contributed by atoms with Crippen molar-refractivity contribution in [3.8, 4) is 0 Å². The second-order valence-corrected chi connectivity index (χ2v) is 10.7. The van der Waals surface area contributed by atoms with E-state index in [9.17, 15) is 9.59 Å². The number of alkyl halides is 2. The van der Waals surface area contributed by atoms with Gasteiger partial charge in [-0.05, 0) is 44.3 Å². The summed E-state index contributed by atoms with van der Waals surface area (Å²) in [6, 6.07) is 24.6. The zero-order chi connectivity index (χ0) is 29.7. The Kier molecular flexibility index (Phi) is 10.1. The van der Waals surface area contributed by atoms with E-state index in [1.807, 2.05) is 84.6 Å². The number of carbonyl (C=O) groups is 1. The largest absolute Gasteiger partial charge is 0.359 e. The number of anilines is 2. The summed E-state index contributed by atoms with van der Waals surface area (Å²) in [5.41, 5.74) is 3.29. The molecule has 3 aromatic rings. The number of para-hydroxylation sites is 2. The number of rotatable bonds is 7. The van der Waals surface area contributed by atoms with E-state index >= 15 is 8.78 Å². The van der Waals surface area contributed by atoms with Gasteiger partial charge in [0, 0.05) is 53.2 Å². The Morgan fingerprint density at radius 1 is 1.02 bits per heavy atom. The smallest absolute Gasteiger partial charge is 0.275 e. The predicted molar refractivity (Wildman–Crippen MR) is 172 cm³/mol. The molecule has 1 N–H and O–H groups in total. The van der Waals surface area contributed by atoms with Crippen LogP contribution < -0.4 is 10.2 Å². The topological polar surface area (TPSA) is 52.6 Å². The lowest BCUT2D eigenvalue weighted by Crippen LogP contribution is -2.39. The van der Waals surface area contributed by atoms with Crippen molar-refractivity contribution in [1.29, 1.82) is 0 Å². The SMILES string of the molecule is CN(C)CCC=C1c2ccccc2N(C2C=CC(C(=O)Nc3ccccc3)=C(c3ccccc3)C2=C=O)CCC1(F)F.Cl. The fraction of sp³-hybridized carbons (Fsp3) is 0.229. The second kappa shape index (κ2) is 13.8. The lowest BCUT2D eigenvalue weighted by atomic mass is 9.83.